The zero-order valence-corrected chi connectivity index (χ0v) is 14.4. The fraction of sp³-hybridized carbons (Fsp3) is 0.217. The third-order valence-corrected chi connectivity index (χ3v) is 4.96. The second-order valence-corrected chi connectivity index (χ2v) is 7.46. The molecule has 120 valence electrons. The van der Waals surface area contributed by atoms with Crippen LogP contribution in [-0.2, 0) is 5.41 Å². The molecule has 1 aromatic carbocycles. The number of hydrogen-bond acceptors (Lipinski definition) is 1. The Kier molecular flexibility index (Phi) is 3.28. The second-order valence-electron chi connectivity index (χ2n) is 7.46. The zero-order chi connectivity index (χ0) is 16.8. The van der Waals surface area contributed by atoms with E-state index < -0.39 is 0 Å². The fourth-order valence-corrected chi connectivity index (χ4v) is 3.28. The van der Waals surface area contributed by atoms with Crippen LogP contribution < -0.4 is 0 Å². The van der Waals surface area contributed by atoms with Crippen molar-refractivity contribution in [2.45, 2.75) is 26.2 Å². The van der Waals surface area contributed by atoms with Gasteiger partial charge in [-0.25, -0.2) is 0 Å². The number of rotatable bonds is 1. The smallest absolute Gasteiger partial charge is 0.135 e. The summed E-state index contributed by atoms with van der Waals surface area (Å²) in [7, 11) is 0. The molecule has 4 rings (SSSR count). The summed E-state index contributed by atoms with van der Waals surface area (Å²) < 4.78 is 6.13. The molecule has 1 heteroatoms. The zero-order valence-electron chi connectivity index (χ0n) is 14.4. The lowest BCUT2D eigenvalue weighted by molar-refractivity contribution is 0.544. The molecule has 0 aliphatic heterocycles. The van der Waals surface area contributed by atoms with E-state index in [4.69, 9.17) is 4.42 Å². The second kappa shape index (κ2) is 5.24. The van der Waals surface area contributed by atoms with Gasteiger partial charge >= 0.3 is 0 Å². The van der Waals surface area contributed by atoms with Gasteiger partial charge in [-0.15, -0.1) is 0 Å². The number of hydrogen-bond donors (Lipinski definition) is 0. The molecule has 0 bridgehead atoms. The highest BCUT2D eigenvalue weighted by Crippen LogP contribution is 2.38. The molecular weight excluding hydrogens is 292 g/mol. The van der Waals surface area contributed by atoms with Crippen LogP contribution in [0.3, 0.4) is 0 Å². The van der Waals surface area contributed by atoms with E-state index in [1.807, 2.05) is 0 Å². The molecular formula is C23H22O. The van der Waals surface area contributed by atoms with Crippen molar-refractivity contribution in [3.63, 3.8) is 0 Å². The maximum atomic E-state index is 6.13. The number of furan rings is 1. The molecule has 24 heavy (non-hydrogen) atoms. The van der Waals surface area contributed by atoms with Crippen LogP contribution in [-0.4, -0.2) is 0 Å². The van der Waals surface area contributed by atoms with Crippen LogP contribution in [0.15, 0.2) is 59.1 Å². The summed E-state index contributed by atoms with van der Waals surface area (Å²) in [5, 5.41) is 0. The molecule has 0 saturated heterocycles. The van der Waals surface area contributed by atoms with E-state index in [0.29, 0.717) is 0 Å². The van der Waals surface area contributed by atoms with Gasteiger partial charge in [0, 0.05) is 22.0 Å². The summed E-state index contributed by atoms with van der Waals surface area (Å²) in [5.74, 6) is 1.88. The lowest BCUT2D eigenvalue weighted by Crippen LogP contribution is -2.14. The summed E-state index contributed by atoms with van der Waals surface area (Å²) >= 11 is 0. The lowest BCUT2D eigenvalue weighted by atomic mass is 9.82. The summed E-state index contributed by atoms with van der Waals surface area (Å²) in [6.07, 6.45) is 17.6. The van der Waals surface area contributed by atoms with Gasteiger partial charge in [-0.2, -0.15) is 0 Å². The molecule has 1 unspecified atom stereocenters. The van der Waals surface area contributed by atoms with Crippen molar-refractivity contribution < 1.29 is 4.42 Å². The number of fused-ring (bicyclic) bond motifs is 3. The Labute approximate surface area is 143 Å². The van der Waals surface area contributed by atoms with Gasteiger partial charge in [-0.3, -0.25) is 0 Å². The van der Waals surface area contributed by atoms with Crippen LogP contribution in [0.1, 0.15) is 49.0 Å². The minimum Gasteiger partial charge on any atom is -0.456 e. The van der Waals surface area contributed by atoms with Gasteiger partial charge in [0.1, 0.15) is 11.5 Å². The van der Waals surface area contributed by atoms with Crippen molar-refractivity contribution in [2.24, 2.45) is 5.41 Å². The van der Waals surface area contributed by atoms with Crippen LogP contribution in [0.2, 0.25) is 0 Å². The van der Waals surface area contributed by atoms with Gasteiger partial charge in [0.25, 0.3) is 0 Å². The van der Waals surface area contributed by atoms with Crippen LogP contribution in [0.25, 0.3) is 24.3 Å². The Morgan fingerprint density at radius 1 is 0.667 bits per heavy atom. The van der Waals surface area contributed by atoms with Crippen LogP contribution in [0.5, 0.6) is 0 Å². The van der Waals surface area contributed by atoms with Crippen molar-refractivity contribution in [3.8, 4) is 0 Å². The molecule has 0 amide bonds. The Morgan fingerprint density at radius 3 is 1.92 bits per heavy atom. The van der Waals surface area contributed by atoms with Crippen LogP contribution in [0, 0.1) is 5.41 Å². The van der Waals surface area contributed by atoms with Gasteiger partial charge < -0.3 is 4.42 Å². The quantitative estimate of drug-likeness (QED) is 0.598. The first kappa shape index (κ1) is 15.0. The van der Waals surface area contributed by atoms with Gasteiger partial charge in [0.05, 0.1) is 0 Å². The van der Waals surface area contributed by atoms with Gasteiger partial charge in [-0.05, 0) is 24.6 Å². The van der Waals surface area contributed by atoms with Crippen molar-refractivity contribution in [2.75, 3.05) is 0 Å². The maximum Gasteiger partial charge on any atom is 0.135 e. The molecule has 0 radical (unpaired) electrons. The highest BCUT2D eigenvalue weighted by molar-refractivity contribution is 5.80. The van der Waals surface area contributed by atoms with E-state index in [1.54, 1.807) is 0 Å². The summed E-state index contributed by atoms with van der Waals surface area (Å²) in [6, 6.07) is 10.6. The molecule has 1 nitrogen and oxygen atoms in total. The first-order valence-electron chi connectivity index (χ1n) is 8.46. The van der Waals surface area contributed by atoms with Crippen molar-refractivity contribution in [3.05, 3.63) is 82.8 Å². The predicted octanol–water partition coefficient (Wildman–Crippen LogP) is 6.34. The number of allylic oxidation sites excluding steroid dienone is 4. The third kappa shape index (κ3) is 2.50. The van der Waals surface area contributed by atoms with E-state index in [-0.39, 0.29) is 10.8 Å². The van der Waals surface area contributed by atoms with E-state index in [9.17, 15) is 0 Å². The predicted molar refractivity (Wildman–Crippen MR) is 102 cm³/mol. The standard InChI is InChI=1S/C23H22O/c1-22(2)13-9-18-19-10-15-23(3,17-7-5-4-6-8-17)16-12-21(19)24-20(18)11-14-22/h4-16H,1-3H3. The highest BCUT2D eigenvalue weighted by Gasteiger charge is 2.25. The summed E-state index contributed by atoms with van der Waals surface area (Å²) in [4.78, 5) is 0. The van der Waals surface area contributed by atoms with Gasteiger partial charge in [0.2, 0.25) is 0 Å². The first-order valence-corrected chi connectivity index (χ1v) is 8.46. The monoisotopic (exact) mass is 314 g/mol. The Hall–Kier alpha value is -2.54. The van der Waals surface area contributed by atoms with Crippen LogP contribution >= 0.6 is 0 Å². The SMILES string of the molecule is CC1(C)C=Cc2oc3c(c2C=C1)C=CC(C)(c1ccccc1)C=C3. The van der Waals surface area contributed by atoms with Gasteiger partial charge in [0.15, 0.2) is 0 Å². The van der Waals surface area contributed by atoms with Crippen molar-refractivity contribution >= 4 is 24.3 Å². The van der Waals surface area contributed by atoms with Crippen LogP contribution in [0.4, 0.5) is 0 Å². The molecule has 0 saturated carbocycles. The minimum atomic E-state index is -0.126. The summed E-state index contributed by atoms with van der Waals surface area (Å²) in [5.41, 5.74) is 3.55. The van der Waals surface area contributed by atoms with Crippen molar-refractivity contribution in [1.82, 2.24) is 0 Å². The molecule has 0 N–H and O–H groups in total. The lowest BCUT2D eigenvalue weighted by Gasteiger charge is -2.21. The Bertz CT molecular complexity index is 888. The fourth-order valence-electron chi connectivity index (χ4n) is 3.28. The highest BCUT2D eigenvalue weighted by atomic mass is 16.3. The van der Waals surface area contributed by atoms with E-state index in [2.05, 4.69) is 99.7 Å². The maximum absolute atomic E-state index is 6.13. The molecule has 2 aliphatic carbocycles. The molecule has 1 heterocycles. The molecule has 0 fully saturated rings. The average molecular weight is 314 g/mol. The van der Waals surface area contributed by atoms with E-state index in [1.165, 1.54) is 16.7 Å². The average Bonchev–Trinajstić information content (AvgIpc) is 2.72. The third-order valence-electron chi connectivity index (χ3n) is 4.96. The topological polar surface area (TPSA) is 13.1 Å². The molecule has 2 aliphatic rings. The van der Waals surface area contributed by atoms with E-state index >= 15 is 0 Å². The van der Waals surface area contributed by atoms with Crippen molar-refractivity contribution in [1.29, 1.82) is 0 Å². The molecule has 1 atom stereocenters. The Morgan fingerprint density at radius 2 is 1.21 bits per heavy atom. The van der Waals surface area contributed by atoms with E-state index in [0.717, 1.165) is 11.5 Å². The molecule has 1 aromatic heterocycles. The minimum absolute atomic E-state index is 0.0528. The Balaban J connectivity index is 1.80. The number of benzene rings is 1. The normalized spacial score (nSPS) is 23.5. The largest absolute Gasteiger partial charge is 0.456 e. The molecule has 0 spiro atoms. The van der Waals surface area contributed by atoms with Gasteiger partial charge in [-0.1, -0.05) is 80.6 Å². The summed E-state index contributed by atoms with van der Waals surface area (Å²) in [6.45, 7) is 6.64. The molecule has 2 aromatic rings. The first-order chi connectivity index (χ1) is 11.5.